The van der Waals surface area contributed by atoms with Crippen molar-refractivity contribution in [1.29, 1.82) is 0 Å². The van der Waals surface area contributed by atoms with Gasteiger partial charge in [-0.15, -0.1) is 0 Å². The lowest BCUT2D eigenvalue weighted by atomic mass is 10.2. The van der Waals surface area contributed by atoms with Crippen LogP contribution in [0.25, 0.3) is 0 Å². The summed E-state index contributed by atoms with van der Waals surface area (Å²) >= 11 is 0. The molecule has 6 nitrogen and oxygen atoms in total. The van der Waals surface area contributed by atoms with E-state index in [0.717, 1.165) is 0 Å². The highest BCUT2D eigenvalue weighted by atomic mass is 16.6. The number of nitrogens with one attached hydrogen (secondary N) is 1. The van der Waals surface area contributed by atoms with Crippen molar-refractivity contribution in [1.82, 2.24) is 10.2 Å². The monoisotopic (exact) mass is 270 g/mol. The van der Waals surface area contributed by atoms with E-state index in [1.54, 1.807) is 4.90 Å². The number of hydrogen-bond acceptors (Lipinski definition) is 4. The van der Waals surface area contributed by atoms with Crippen LogP contribution in [-0.4, -0.2) is 54.8 Å². The van der Waals surface area contributed by atoms with E-state index in [9.17, 15) is 9.59 Å². The van der Waals surface area contributed by atoms with Crippen LogP contribution in [0.1, 0.15) is 20.8 Å². The maximum Gasteiger partial charge on any atom is 0.410 e. The molecule has 1 aliphatic heterocycles. The predicted molar refractivity (Wildman–Crippen MR) is 70.8 cm³/mol. The van der Waals surface area contributed by atoms with Crippen LogP contribution in [0.15, 0.2) is 12.7 Å². The molecule has 19 heavy (non-hydrogen) atoms. The summed E-state index contributed by atoms with van der Waals surface area (Å²) in [7, 11) is 0. The Labute approximate surface area is 113 Å². The van der Waals surface area contributed by atoms with Gasteiger partial charge >= 0.3 is 6.09 Å². The molecule has 1 fully saturated rings. The standard InChI is InChI=1S/C13H22N2O4/c1-5-11(16)14-10-8-15(6-7-18-9-10)12(17)19-13(2,3)4/h5,10H,1,6-9H2,2-4H3,(H,14,16). The first kappa shape index (κ1) is 15.5. The van der Waals surface area contributed by atoms with Crippen molar-refractivity contribution in [2.45, 2.75) is 32.4 Å². The molecule has 0 aromatic rings. The molecule has 0 spiro atoms. The molecule has 108 valence electrons. The molecule has 2 amide bonds. The molecule has 1 N–H and O–H groups in total. The molecule has 1 aliphatic rings. The van der Waals surface area contributed by atoms with Crippen LogP contribution in [0.3, 0.4) is 0 Å². The molecule has 0 bridgehead atoms. The van der Waals surface area contributed by atoms with Gasteiger partial charge in [0.1, 0.15) is 5.60 Å². The Kier molecular flexibility index (Phi) is 5.35. The van der Waals surface area contributed by atoms with Crippen LogP contribution in [0.4, 0.5) is 4.79 Å². The second-order valence-electron chi connectivity index (χ2n) is 5.41. The number of carbonyl (C=O) groups is 2. The van der Waals surface area contributed by atoms with Gasteiger partial charge in [-0.05, 0) is 26.8 Å². The summed E-state index contributed by atoms with van der Waals surface area (Å²) in [5, 5.41) is 2.72. The zero-order valence-corrected chi connectivity index (χ0v) is 11.8. The Morgan fingerprint density at radius 2 is 2.16 bits per heavy atom. The summed E-state index contributed by atoms with van der Waals surface area (Å²) < 4.78 is 10.7. The highest BCUT2D eigenvalue weighted by Gasteiger charge is 2.27. The van der Waals surface area contributed by atoms with E-state index in [2.05, 4.69) is 11.9 Å². The molecule has 0 aliphatic carbocycles. The lowest BCUT2D eigenvalue weighted by molar-refractivity contribution is -0.117. The first-order valence-electron chi connectivity index (χ1n) is 6.30. The van der Waals surface area contributed by atoms with Crippen molar-refractivity contribution in [3.8, 4) is 0 Å². The van der Waals surface area contributed by atoms with Gasteiger partial charge in [0.05, 0.1) is 19.3 Å². The van der Waals surface area contributed by atoms with Gasteiger partial charge < -0.3 is 19.7 Å². The third kappa shape index (κ3) is 5.74. The summed E-state index contributed by atoms with van der Waals surface area (Å²) in [6, 6.07) is -0.250. The Hall–Kier alpha value is -1.56. The van der Waals surface area contributed by atoms with Crippen molar-refractivity contribution in [3.05, 3.63) is 12.7 Å². The summed E-state index contributed by atoms with van der Waals surface area (Å²) in [5.74, 6) is -0.278. The zero-order valence-electron chi connectivity index (χ0n) is 11.8. The average Bonchev–Trinajstić information content (AvgIpc) is 2.52. The number of rotatable bonds is 2. The number of amides is 2. The van der Waals surface area contributed by atoms with E-state index in [1.165, 1.54) is 6.08 Å². The molecule has 1 atom stereocenters. The van der Waals surface area contributed by atoms with E-state index in [-0.39, 0.29) is 11.9 Å². The second-order valence-corrected chi connectivity index (χ2v) is 5.41. The summed E-state index contributed by atoms with van der Waals surface area (Å²) in [6.45, 7) is 10.5. The Bertz CT molecular complexity index is 349. The van der Waals surface area contributed by atoms with Crippen molar-refractivity contribution < 1.29 is 19.1 Å². The van der Waals surface area contributed by atoms with E-state index < -0.39 is 11.7 Å². The summed E-state index contributed by atoms with van der Waals surface area (Å²) in [4.78, 5) is 24.8. The van der Waals surface area contributed by atoms with Gasteiger partial charge in [-0.25, -0.2) is 4.79 Å². The SMILES string of the molecule is C=CC(=O)NC1COCCN(C(=O)OC(C)(C)C)C1. The van der Waals surface area contributed by atoms with Crippen LogP contribution < -0.4 is 5.32 Å². The fourth-order valence-electron chi connectivity index (χ4n) is 1.65. The lowest BCUT2D eigenvalue weighted by Crippen LogP contribution is -2.47. The Morgan fingerprint density at radius 3 is 2.74 bits per heavy atom. The molecule has 0 aromatic heterocycles. The molecule has 0 saturated carbocycles. The Morgan fingerprint density at radius 1 is 1.47 bits per heavy atom. The van der Waals surface area contributed by atoms with Gasteiger partial charge in [0, 0.05) is 13.1 Å². The molecule has 1 unspecified atom stereocenters. The molecule has 0 radical (unpaired) electrons. The largest absolute Gasteiger partial charge is 0.444 e. The van der Waals surface area contributed by atoms with Gasteiger partial charge in [-0.2, -0.15) is 0 Å². The minimum atomic E-state index is -0.538. The summed E-state index contributed by atoms with van der Waals surface area (Å²) in [6.07, 6.45) is 0.804. The highest BCUT2D eigenvalue weighted by molar-refractivity contribution is 5.87. The molecular formula is C13H22N2O4. The maximum atomic E-state index is 12.0. The van der Waals surface area contributed by atoms with Crippen LogP contribution in [-0.2, 0) is 14.3 Å². The zero-order chi connectivity index (χ0) is 14.5. The van der Waals surface area contributed by atoms with E-state index >= 15 is 0 Å². The first-order valence-corrected chi connectivity index (χ1v) is 6.30. The molecule has 0 aromatic carbocycles. The molecule has 1 saturated heterocycles. The molecular weight excluding hydrogens is 248 g/mol. The van der Waals surface area contributed by atoms with Crippen LogP contribution in [0.5, 0.6) is 0 Å². The van der Waals surface area contributed by atoms with Gasteiger partial charge in [0.2, 0.25) is 5.91 Å². The van der Waals surface area contributed by atoms with Gasteiger partial charge in [0.25, 0.3) is 0 Å². The Balaban J connectivity index is 2.60. The average molecular weight is 270 g/mol. The number of hydrogen-bond donors (Lipinski definition) is 1. The molecule has 1 rings (SSSR count). The van der Waals surface area contributed by atoms with Crippen LogP contribution >= 0.6 is 0 Å². The summed E-state index contributed by atoms with van der Waals surface area (Å²) in [5.41, 5.74) is -0.538. The predicted octanol–water partition coefficient (Wildman–Crippen LogP) is 0.924. The normalized spacial score (nSPS) is 20.4. The minimum Gasteiger partial charge on any atom is -0.444 e. The van der Waals surface area contributed by atoms with Crippen LogP contribution in [0.2, 0.25) is 0 Å². The number of ether oxygens (including phenoxy) is 2. The van der Waals surface area contributed by atoms with Crippen molar-refractivity contribution in [2.24, 2.45) is 0 Å². The van der Waals surface area contributed by atoms with Gasteiger partial charge in [-0.1, -0.05) is 6.58 Å². The van der Waals surface area contributed by atoms with Gasteiger partial charge in [-0.3, -0.25) is 4.79 Å². The van der Waals surface area contributed by atoms with E-state index in [0.29, 0.717) is 26.3 Å². The maximum absolute atomic E-state index is 12.0. The smallest absolute Gasteiger partial charge is 0.410 e. The first-order chi connectivity index (χ1) is 8.81. The molecule has 6 heteroatoms. The van der Waals surface area contributed by atoms with E-state index in [1.807, 2.05) is 20.8 Å². The molecule has 1 heterocycles. The third-order valence-electron chi connectivity index (χ3n) is 2.45. The van der Waals surface area contributed by atoms with Crippen molar-refractivity contribution in [2.75, 3.05) is 26.3 Å². The number of carbonyl (C=O) groups excluding carboxylic acids is 2. The number of nitrogens with zero attached hydrogens (tertiary/aromatic N) is 1. The fourth-order valence-corrected chi connectivity index (χ4v) is 1.65. The minimum absolute atomic E-state index is 0.250. The van der Waals surface area contributed by atoms with E-state index in [4.69, 9.17) is 9.47 Å². The van der Waals surface area contributed by atoms with Gasteiger partial charge in [0.15, 0.2) is 0 Å². The lowest BCUT2D eigenvalue weighted by Gasteiger charge is -2.27. The van der Waals surface area contributed by atoms with Crippen LogP contribution in [0, 0.1) is 0 Å². The van der Waals surface area contributed by atoms with Crippen molar-refractivity contribution in [3.63, 3.8) is 0 Å². The highest BCUT2D eigenvalue weighted by Crippen LogP contribution is 2.11. The fraction of sp³-hybridized carbons (Fsp3) is 0.692. The quantitative estimate of drug-likeness (QED) is 0.758. The third-order valence-corrected chi connectivity index (χ3v) is 2.45. The second kappa shape index (κ2) is 6.56. The van der Waals surface area contributed by atoms with Crippen molar-refractivity contribution >= 4 is 12.0 Å². The topological polar surface area (TPSA) is 67.9 Å².